The number of rotatable bonds is 7. The first-order valence-corrected chi connectivity index (χ1v) is 7.50. The van der Waals surface area contributed by atoms with E-state index in [0.717, 1.165) is 11.1 Å². The number of ether oxygens (including phenoxy) is 2. The Balaban J connectivity index is 1.81. The van der Waals surface area contributed by atoms with Crippen LogP contribution >= 0.6 is 0 Å². The van der Waals surface area contributed by atoms with E-state index in [4.69, 9.17) is 9.47 Å². The molecule has 0 heterocycles. The first-order valence-electron chi connectivity index (χ1n) is 7.50. The molecular formula is C18H17NO6. The number of hydrogen-bond donors (Lipinski definition) is 0. The van der Waals surface area contributed by atoms with E-state index in [1.807, 2.05) is 26.0 Å². The Bertz CT molecular complexity index is 798. The van der Waals surface area contributed by atoms with Crippen LogP contribution in [-0.2, 0) is 9.53 Å². The molecule has 0 aliphatic carbocycles. The highest BCUT2D eigenvalue weighted by Crippen LogP contribution is 2.16. The molecule has 0 spiro atoms. The molecule has 0 aromatic heterocycles. The molecule has 7 nitrogen and oxygen atoms in total. The van der Waals surface area contributed by atoms with Crippen molar-refractivity contribution in [1.29, 1.82) is 0 Å². The second-order valence-electron chi connectivity index (χ2n) is 5.42. The highest BCUT2D eigenvalue weighted by atomic mass is 16.6. The first kappa shape index (κ1) is 18.1. The Morgan fingerprint density at radius 2 is 1.68 bits per heavy atom. The van der Waals surface area contributed by atoms with Crippen molar-refractivity contribution in [2.45, 2.75) is 13.8 Å². The number of hydrogen-bond acceptors (Lipinski definition) is 6. The highest BCUT2D eigenvalue weighted by Gasteiger charge is 2.12. The number of nitrogens with zero attached hydrogens (tertiary/aromatic N) is 1. The number of nitro benzene ring substituents is 1. The van der Waals surface area contributed by atoms with Gasteiger partial charge in [0.2, 0.25) is 0 Å². The summed E-state index contributed by atoms with van der Waals surface area (Å²) in [5.41, 5.74) is 2.27. The van der Waals surface area contributed by atoms with Crippen molar-refractivity contribution in [3.63, 3.8) is 0 Å². The summed E-state index contributed by atoms with van der Waals surface area (Å²) >= 11 is 0. The van der Waals surface area contributed by atoms with Crippen molar-refractivity contribution in [3.05, 3.63) is 69.3 Å². The predicted octanol–water partition coefficient (Wildman–Crippen LogP) is 3.02. The predicted molar refractivity (Wildman–Crippen MR) is 89.8 cm³/mol. The standard InChI is InChI=1S/C18H17NO6/c1-12-3-8-16(9-13(12)2)24-11-18(21)25-10-17(20)14-4-6-15(7-5-14)19(22)23/h3-9H,10-11H2,1-2H3. The number of Topliss-reactive ketones (excluding diaryl/α,β-unsaturated/α-hetero) is 1. The number of nitro groups is 1. The number of carbonyl (C=O) groups is 2. The molecule has 130 valence electrons. The minimum atomic E-state index is -0.673. The van der Waals surface area contributed by atoms with Gasteiger partial charge in [-0.3, -0.25) is 14.9 Å². The van der Waals surface area contributed by atoms with E-state index in [-0.39, 0.29) is 17.9 Å². The third-order valence-corrected chi connectivity index (χ3v) is 3.60. The molecule has 25 heavy (non-hydrogen) atoms. The molecule has 0 unspecified atom stereocenters. The molecule has 0 N–H and O–H groups in total. The van der Waals surface area contributed by atoms with Crippen LogP contribution in [0.2, 0.25) is 0 Å². The lowest BCUT2D eigenvalue weighted by Crippen LogP contribution is -2.19. The summed E-state index contributed by atoms with van der Waals surface area (Å²) in [4.78, 5) is 33.6. The van der Waals surface area contributed by atoms with Gasteiger partial charge in [-0.15, -0.1) is 0 Å². The van der Waals surface area contributed by atoms with Crippen LogP contribution in [0.5, 0.6) is 5.75 Å². The van der Waals surface area contributed by atoms with Crippen molar-refractivity contribution in [2.24, 2.45) is 0 Å². The second kappa shape index (κ2) is 8.05. The molecule has 0 atom stereocenters. The fourth-order valence-corrected chi connectivity index (χ4v) is 1.99. The van der Waals surface area contributed by atoms with Gasteiger partial charge in [-0.05, 0) is 49.2 Å². The molecule has 0 aliphatic heterocycles. The largest absolute Gasteiger partial charge is 0.482 e. The smallest absolute Gasteiger partial charge is 0.344 e. The molecule has 0 aliphatic rings. The first-order chi connectivity index (χ1) is 11.9. The van der Waals surface area contributed by atoms with Crippen molar-refractivity contribution in [2.75, 3.05) is 13.2 Å². The van der Waals surface area contributed by atoms with Crippen LogP contribution in [0, 0.1) is 24.0 Å². The Kier molecular flexibility index (Phi) is 5.84. The van der Waals surface area contributed by atoms with Gasteiger partial charge in [0.05, 0.1) is 4.92 Å². The van der Waals surface area contributed by atoms with Crippen LogP contribution < -0.4 is 4.74 Å². The van der Waals surface area contributed by atoms with E-state index < -0.39 is 23.3 Å². The summed E-state index contributed by atoms with van der Waals surface area (Å²) in [6.45, 7) is 3.14. The lowest BCUT2D eigenvalue weighted by molar-refractivity contribution is -0.384. The van der Waals surface area contributed by atoms with Gasteiger partial charge in [-0.25, -0.2) is 4.79 Å². The highest BCUT2D eigenvalue weighted by molar-refractivity contribution is 5.98. The van der Waals surface area contributed by atoms with Gasteiger partial charge in [-0.1, -0.05) is 6.07 Å². The molecule has 7 heteroatoms. The van der Waals surface area contributed by atoms with Crippen molar-refractivity contribution >= 4 is 17.4 Å². The molecule has 2 aromatic carbocycles. The van der Waals surface area contributed by atoms with E-state index in [1.165, 1.54) is 24.3 Å². The van der Waals surface area contributed by atoms with Crippen molar-refractivity contribution in [3.8, 4) is 5.75 Å². The van der Waals surface area contributed by atoms with Gasteiger partial charge in [0, 0.05) is 17.7 Å². The van der Waals surface area contributed by atoms with E-state index in [9.17, 15) is 19.7 Å². The fraction of sp³-hybridized carbons (Fsp3) is 0.222. The minimum absolute atomic E-state index is 0.115. The van der Waals surface area contributed by atoms with Crippen LogP contribution in [0.1, 0.15) is 21.5 Å². The molecule has 0 radical (unpaired) electrons. The van der Waals surface area contributed by atoms with E-state index in [2.05, 4.69) is 0 Å². The third-order valence-electron chi connectivity index (χ3n) is 3.60. The zero-order valence-corrected chi connectivity index (χ0v) is 13.9. The Labute approximate surface area is 144 Å². The summed E-state index contributed by atoms with van der Waals surface area (Å²) in [5.74, 6) is -0.579. The Morgan fingerprint density at radius 3 is 2.28 bits per heavy atom. The van der Waals surface area contributed by atoms with Gasteiger partial charge in [-0.2, -0.15) is 0 Å². The molecule has 2 rings (SSSR count). The van der Waals surface area contributed by atoms with Crippen LogP contribution in [0.4, 0.5) is 5.69 Å². The third kappa shape index (κ3) is 5.13. The maximum Gasteiger partial charge on any atom is 0.344 e. The number of benzene rings is 2. The van der Waals surface area contributed by atoms with E-state index >= 15 is 0 Å². The lowest BCUT2D eigenvalue weighted by atomic mass is 10.1. The summed E-state index contributed by atoms with van der Waals surface area (Å²) in [5, 5.41) is 10.6. The maximum absolute atomic E-state index is 11.9. The molecule has 2 aromatic rings. The van der Waals surface area contributed by atoms with Gasteiger partial charge in [0.1, 0.15) is 5.75 Å². The maximum atomic E-state index is 11.9. The average Bonchev–Trinajstić information content (AvgIpc) is 2.60. The zero-order chi connectivity index (χ0) is 18.4. The van der Waals surface area contributed by atoms with Gasteiger partial charge >= 0.3 is 5.97 Å². The molecule has 0 saturated carbocycles. The monoisotopic (exact) mass is 343 g/mol. The van der Waals surface area contributed by atoms with Crippen LogP contribution in [-0.4, -0.2) is 29.9 Å². The number of ketones is 1. The van der Waals surface area contributed by atoms with Gasteiger partial charge < -0.3 is 9.47 Å². The zero-order valence-electron chi connectivity index (χ0n) is 13.9. The normalized spacial score (nSPS) is 10.2. The average molecular weight is 343 g/mol. The van der Waals surface area contributed by atoms with E-state index in [0.29, 0.717) is 5.75 Å². The fourth-order valence-electron chi connectivity index (χ4n) is 1.99. The Morgan fingerprint density at radius 1 is 1.00 bits per heavy atom. The molecule has 0 fully saturated rings. The van der Waals surface area contributed by atoms with Gasteiger partial charge in [0.15, 0.2) is 19.0 Å². The van der Waals surface area contributed by atoms with Crippen molar-refractivity contribution in [1.82, 2.24) is 0 Å². The van der Waals surface area contributed by atoms with Crippen LogP contribution in [0.25, 0.3) is 0 Å². The van der Waals surface area contributed by atoms with Crippen LogP contribution in [0.3, 0.4) is 0 Å². The summed E-state index contributed by atoms with van der Waals surface area (Å²) in [6, 6.07) is 10.5. The number of aryl methyl sites for hydroxylation is 2. The second-order valence-corrected chi connectivity index (χ2v) is 5.42. The van der Waals surface area contributed by atoms with Crippen LogP contribution in [0.15, 0.2) is 42.5 Å². The van der Waals surface area contributed by atoms with E-state index in [1.54, 1.807) is 6.07 Å². The molecule has 0 amide bonds. The molecular weight excluding hydrogens is 326 g/mol. The summed E-state index contributed by atoms with van der Waals surface area (Å²) in [7, 11) is 0. The van der Waals surface area contributed by atoms with Gasteiger partial charge in [0.25, 0.3) is 5.69 Å². The summed E-state index contributed by atoms with van der Waals surface area (Å²) < 4.78 is 10.2. The van der Waals surface area contributed by atoms with Crippen molar-refractivity contribution < 1.29 is 24.0 Å². The SMILES string of the molecule is Cc1ccc(OCC(=O)OCC(=O)c2ccc([N+](=O)[O-])cc2)cc1C. The Hall–Kier alpha value is -3.22. The quantitative estimate of drug-likeness (QED) is 0.332. The number of carbonyl (C=O) groups excluding carboxylic acids is 2. The number of esters is 1. The molecule has 0 bridgehead atoms. The lowest BCUT2D eigenvalue weighted by Gasteiger charge is -2.08. The topological polar surface area (TPSA) is 95.7 Å². The minimum Gasteiger partial charge on any atom is -0.482 e. The summed E-state index contributed by atoms with van der Waals surface area (Å²) in [6.07, 6.45) is 0. The molecule has 0 saturated heterocycles. The number of non-ortho nitro benzene ring substituents is 1.